The van der Waals surface area contributed by atoms with E-state index in [-0.39, 0.29) is 16.4 Å². The number of pyridine rings is 1. The van der Waals surface area contributed by atoms with Crippen LogP contribution in [-0.2, 0) is 25.8 Å². The van der Waals surface area contributed by atoms with Crippen LogP contribution in [0.3, 0.4) is 0 Å². The number of anilines is 1. The molecule has 4 rings (SSSR count). The van der Waals surface area contributed by atoms with Crippen LogP contribution in [0.25, 0.3) is 10.8 Å². The van der Waals surface area contributed by atoms with Gasteiger partial charge in [0.1, 0.15) is 5.82 Å². The number of amides is 1. The van der Waals surface area contributed by atoms with E-state index in [1.54, 1.807) is 24.4 Å². The maximum Gasteiger partial charge on any atom is 0.272 e. The molecule has 1 amide bonds. The first-order valence-electron chi connectivity index (χ1n) is 11.0. The third-order valence-electron chi connectivity index (χ3n) is 5.88. The minimum Gasteiger partial charge on any atom is -0.381 e. The van der Waals surface area contributed by atoms with Crippen molar-refractivity contribution in [3.05, 3.63) is 58.6 Å². The number of ether oxygens (including phenoxy) is 1. The molecule has 2 aromatic heterocycles. The van der Waals surface area contributed by atoms with E-state index in [4.69, 9.17) is 4.74 Å². The number of nitrogens with one attached hydrogen (secondary N) is 1. The molecular weight excluding hydrogens is 458 g/mol. The van der Waals surface area contributed by atoms with Crippen LogP contribution in [-0.4, -0.2) is 80.1 Å². The van der Waals surface area contributed by atoms with E-state index in [0.717, 1.165) is 17.2 Å². The van der Waals surface area contributed by atoms with Crippen molar-refractivity contribution in [1.29, 1.82) is 0 Å². The third-order valence-corrected chi connectivity index (χ3v) is 6.98. The number of carbonyl (C=O) groups excluding carboxylic acids is 1. The number of benzene rings is 1. The summed E-state index contributed by atoms with van der Waals surface area (Å²) in [6.07, 6.45) is 5.09. The van der Waals surface area contributed by atoms with Crippen molar-refractivity contribution in [3.8, 4) is 0 Å². The van der Waals surface area contributed by atoms with Gasteiger partial charge < -0.3 is 14.5 Å². The number of fused-ring (bicyclic) bond motifs is 1. The molecule has 10 nitrogen and oxygen atoms in total. The summed E-state index contributed by atoms with van der Waals surface area (Å²) in [4.78, 5) is 32.7. The van der Waals surface area contributed by atoms with Crippen molar-refractivity contribution >= 4 is 32.3 Å². The van der Waals surface area contributed by atoms with Crippen LogP contribution in [0.2, 0.25) is 0 Å². The van der Waals surface area contributed by atoms with Gasteiger partial charge in [-0.2, -0.15) is 5.10 Å². The number of hydrogen-bond acceptors (Lipinski definition) is 8. The summed E-state index contributed by atoms with van der Waals surface area (Å²) < 4.78 is 28.8. The summed E-state index contributed by atoms with van der Waals surface area (Å²) >= 11 is 0. The highest BCUT2D eigenvalue weighted by molar-refractivity contribution is 7.90. The van der Waals surface area contributed by atoms with Gasteiger partial charge in [0.05, 0.1) is 36.1 Å². The Kier molecular flexibility index (Phi) is 7.23. The summed E-state index contributed by atoms with van der Waals surface area (Å²) in [5.41, 5.74) is 0.768. The third kappa shape index (κ3) is 5.60. The SMILES string of the molecule is CS(=O)(=O)c1ccc(N2CCN(C(=O)CCOCCc3cccc4c(=O)[nH]ncc34)CC2)nc1. The van der Waals surface area contributed by atoms with E-state index in [1.807, 2.05) is 21.9 Å². The van der Waals surface area contributed by atoms with Gasteiger partial charge in [0.15, 0.2) is 9.84 Å². The van der Waals surface area contributed by atoms with E-state index >= 15 is 0 Å². The van der Waals surface area contributed by atoms with E-state index in [1.165, 1.54) is 6.20 Å². The van der Waals surface area contributed by atoms with Crippen LogP contribution >= 0.6 is 0 Å². The van der Waals surface area contributed by atoms with Gasteiger partial charge in [0.2, 0.25) is 5.91 Å². The molecule has 0 unspecified atom stereocenters. The number of rotatable bonds is 8. The molecule has 0 atom stereocenters. The van der Waals surface area contributed by atoms with Gasteiger partial charge in [0.25, 0.3) is 5.56 Å². The van der Waals surface area contributed by atoms with Crippen molar-refractivity contribution in [1.82, 2.24) is 20.1 Å². The lowest BCUT2D eigenvalue weighted by Gasteiger charge is -2.35. The van der Waals surface area contributed by atoms with E-state index in [9.17, 15) is 18.0 Å². The predicted molar refractivity (Wildman–Crippen MR) is 128 cm³/mol. The van der Waals surface area contributed by atoms with E-state index in [2.05, 4.69) is 15.2 Å². The number of hydrogen-bond donors (Lipinski definition) is 1. The Hall–Kier alpha value is -3.31. The van der Waals surface area contributed by atoms with Gasteiger partial charge in [0, 0.05) is 44.0 Å². The highest BCUT2D eigenvalue weighted by atomic mass is 32.2. The number of aromatic nitrogens is 3. The van der Waals surface area contributed by atoms with Crippen LogP contribution in [0.5, 0.6) is 0 Å². The van der Waals surface area contributed by atoms with Gasteiger partial charge in [-0.3, -0.25) is 9.59 Å². The standard InChI is InChI=1S/C23H27N5O5S/c1-34(31,32)18-5-6-21(24-15-18)27-9-11-28(12-10-27)22(29)8-14-33-13-7-17-3-2-4-19-20(17)16-25-26-23(19)30/h2-6,15-16H,7-14H2,1H3,(H,26,30). The Morgan fingerprint density at radius 1 is 1.06 bits per heavy atom. The quantitative estimate of drug-likeness (QED) is 0.469. The number of H-pyrrole nitrogens is 1. The molecule has 1 N–H and O–H groups in total. The average molecular weight is 486 g/mol. The fourth-order valence-corrected chi connectivity index (χ4v) is 4.52. The van der Waals surface area contributed by atoms with Crippen LogP contribution in [0.15, 0.2) is 52.4 Å². The molecule has 11 heteroatoms. The number of aromatic amines is 1. The van der Waals surface area contributed by atoms with Crippen LogP contribution in [0.1, 0.15) is 12.0 Å². The van der Waals surface area contributed by atoms with Gasteiger partial charge in [-0.1, -0.05) is 12.1 Å². The van der Waals surface area contributed by atoms with Crippen molar-refractivity contribution in [2.24, 2.45) is 0 Å². The molecule has 1 aromatic carbocycles. The lowest BCUT2D eigenvalue weighted by atomic mass is 10.1. The zero-order valence-corrected chi connectivity index (χ0v) is 19.8. The Bertz CT molecular complexity index is 1320. The predicted octanol–water partition coefficient (Wildman–Crippen LogP) is 1.02. The smallest absolute Gasteiger partial charge is 0.272 e. The molecule has 1 aliphatic heterocycles. The van der Waals surface area contributed by atoms with Crippen molar-refractivity contribution < 1.29 is 17.9 Å². The van der Waals surface area contributed by atoms with Crippen molar-refractivity contribution in [2.45, 2.75) is 17.7 Å². The molecule has 3 heterocycles. The summed E-state index contributed by atoms with van der Waals surface area (Å²) in [6, 6.07) is 8.80. The second-order valence-corrected chi connectivity index (χ2v) is 10.2. The van der Waals surface area contributed by atoms with E-state index < -0.39 is 9.84 Å². The molecule has 0 bridgehead atoms. The fourth-order valence-electron chi connectivity index (χ4n) is 3.96. The molecule has 0 spiro atoms. The lowest BCUT2D eigenvalue weighted by molar-refractivity contribution is -0.132. The normalized spacial score (nSPS) is 14.5. The molecule has 0 radical (unpaired) electrons. The second-order valence-electron chi connectivity index (χ2n) is 8.18. The number of nitrogens with zero attached hydrogens (tertiary/aromatic N) is 4. The molecule has 1 aliphatic rings. The summed E-state index contributed by atoms with van der Waals surface area (Å²) in [5, 5.41) is 7.71. The fraction of sp³-hybridized carbons (Fsp3) is 0.391. The van der Waals surface area contributed by atoms with Crippen molar-refractivity contribution in [2.75, 3.05) is 50.5 Å². The molecule has 34 heavy (non-hydrogen) atoms. The maximum atomic E-state index is 12.5. The molecule has 0 aliphatic carbocycles. The van der Waals surface area contributed by atoms with Gasteiger partial charge in [-0.25, -0.2) is 18.5 Å². The Balaban J connectivity index is 1.19. The zero-order chi connectivity index (χ0) is 24.1. The Morgan fingerprint density at radius 2 is 1.85 bits per heavy atom. The average Bonchev–Trinajstić information content (AvgIpc) is 2.84. The zero-order valence-electron chi connectivity index (χ0n) is 18.9. The lowest BCUT2D eigenvalue weighted by Crippen LogP contribution is -2.49. The number of sulfone groups is 1. The molecule has 180 valence electrons. The largest absolute Gasteiger partial charge is 0.381 e. The molecular formula is C23H27N5O5S. The van der Waals surface area contributed by atoms with Crippen LogP contribution in [0.4, 0.5) is 5.82 Å². The monoisotopic (exact) mass is 485 g/mol. The van der Waals surface area contributed by atoms with Gasteiger partial charge in [-0.15, -0.1) is 0 Å². The molecule has 0 saturated carbocycles. The highest BCUT2D eigenvalue weighted by Gasteiger charge is 2.22. The van der Waals surface area contributed by atoms with Gasteiger partial charge in [-0.05, 0) is 30.2 Å². The first kappa shape index (κ1) is 23.8. The first-order chi connectivity index (χ1) is 16.3. The molecule has 1 saturated heterocycles. The highest BCUT2D eigenvalue weighted by Crippen LogP contribution is 2.17. The van der Waals surface area contributed by atoms with Gasteiger partial charge >= 0.3 is 0 Å². The van der Waals surface area contributed by atoms with E-state index in [0.29, 0.717) is 63.4 Å². The number of piperazine rings is 1. The number of carbonyl (C=O) groups is 1. The minimum absolute atomic E-state index is 0.0425. The summed E-state index contributed by atoms with van der Waals surface area (Å²) in [5.74, 6) is 0.745. The maximum absolute atomic E-state index is 12.5. The molecule has 1 fully saturated rings. The summed E-state index contributed by atoms with van der Waals surface area (Å²) in [6.45, 7) is 3.19. The summed E-state index contributed by atoms with van der Waals surface area (Å²) in [7, 11) is -3.27. The van der Waals surface area contributed by atoms with Crippen LogP contribution in [0, 0.1) is 0 Å². The molecule has 3 aromatic rings. The second kappa shape index (κ2) is 10.3. The van der Waals surface area contributed by atoms with Crippen molar-refractivity contribution in [3.63, 3.8) is 0 Å². The van der Waals surface area contributed by atoms with Crippen LogP contribution < -0.4 is 10.5 Å². The Labute approximate surface area is 197 Å². The minimum atomic E-state index is -3.27. The topological polar surface area (TPSA) is 126 Å². The Morgan fingerprint density at radius 3 is 2.56 bits per heavy atom. The first-order valence-corrected chi connectivity index (χ1v) is 12.9.